The summed E-state index contributed by atoms with van der Waals surface area (Å²) >= 11 is 0. The molecule has 130 valence electrons. The van der Waals surface area contributed by atoms with E-state index in [4.69, 9.17) is 4.74 Å². The first-order valence-corrected chi connectivity index (χ1v) is 8.48. The maximum absolute atomic E-state index is 11.8. The molecule has 0 amide bonds. The highest BCUT2D eigenvalue weighted by Crippen LogP contribution is 2.16. The molecule has 0 atom stereocenters. The maximum atomic E-state index is 11.8. The number of methoxy groups -OCH3 is 1. The number of nitrogens with zero attached hydrogens (tertiary/aromatic N) is 2. The quantitative estimate of drug-likeness (QED) is 0.562. The molecule has 0 saturated carbocycles. The molecule has 0 fully saturated rings. The van der Waals surface area contributed by atoms with Gasteiger partial charge in [0.15, 0.2) is 5.69 Å². The van der Waals surface area contributed by atoms with E-state index in [1.807, 2.05) is 24.4 Å². The molecule has 0 radical (unpaired) electrons. The lowest BCUT2D eigenvalue weighted by atomic mass is 10.1. The average molecular weight is 345 g/mol. The van der Waals surface area contributed by atoms with Crippen LogP contribution in [0.2, 0.25) is 0 Å². The Morgan fingerprint density at radius 2 is 1.92 bits per heavy atom. The van der Waals surface area contributed by atoms with Crippen LogP contribution in [0, 0.1) is 0 Å². The first kappa shape index (κ1) is 16.3. The lowest BCUT2D eigenvalue weighted by molar-refractivity contribution is 0.0593. The number of aromatic nitrogens is 2. The molecular weight excluding hydrogens is 326 g/mol. The van der Waals surface area contributed by atoms with E-state index in [9.17, 15) is 4.79 Å². The number of rotatable bonds is 5. The molecule has 0 bridgehead atoms. The Labute approximate surface area is 151 Å². The fraction of sp³-hybridized carbons (Fsp3) is 0.143. The summed E-state index contributed by atoms with van der Waals surface area (Å²) < 4.78 is 6.56. The SMILES string of the molecule is COC(=O)c1cnc2c(CNCc3ccc4ccccc4c3)cccn12. The molecular formula is C21H19N3O2. The van der Waals surface area contributed by atoms with Crippen LogP contribution >= 0.6 is 0 Å². The van der Waals surface area contributed by atoms with Crippen LogP contribution in [0.25, 0.3) is 16.4 Å². The molecule has 4 rings (SSSR count). The lowest BCUT2D eigenvalue weighted by Crippen LogP contribution is -2.14. The van der Waals surface area contributed by atoms with E-state index in [0.717, 1.165) is 17.8 Å². The molecule has 0 unspecified atom stereocenters. The number of carbonyl (C=O) groups is 1. The number of imidazole rings is 1. The van der Waals surface area contributed by atoms with Gasteiger partial charge in [-0.25, -0.2) is 9.78 Å². The second kappa shape index (κ2) is 6.98. The molecule has 26 heavy (non-hydrogen) atoms. The van der Waals surface area contributed by atoms with Crippen molar-refractivity contribution in [1.29, 1.82) is 0 Å². The van der Waals surface area contributed by atoms with Crippen molar-refractivity contribution in [2.45, 2.75) is 13.1 Å². The van der Waals surface area contributed by atoms with Gasteiger partial charge >= 0.3 is 5.97 Å². The van der Waals surface area contributed by atoms with Crippen LogP contribution in [0.3, 0.4) is 0 Å². The minimum atomic E-state index is -0.390. The van der Waals surface area contributed by atoms with Gasteiger partial charge in [-0.3, -0.25) is 4.40 Å². The molecule has 1 N–H and O–H groups in total. The number of carbonyl (C=O) groups excluding carboxylic acids is 1. The van der Waals surface area contributed by atoms with E-state index in [1.54, 1.807) is 10.6 Å². The first-order chi connectivity index (χ1) is 12.8. The minimum Gasteiger partial charge on any atom is -0.464 e. The summed E-state index contributed by atoms with van der Waals surface area (Å²) in [7, 11) is 1.37. The Morgan fingerprint density at radius 3 is 2.77 bits per heavy atom. The molecule has 4 aromatic rings. The zero-order chi connectivity index (χ0) is 17.9. The molecule has 2 aromatic heterocycles. The number of ether oxygens (including phenoxy) is 1. The zero-order valence-corrected chi connectivity index (χ0v) is 14.5. The van der Waals surface area contributed by atoms with Crippen LogP contribution in [-0.2, 0) is 17.8 Å². The summed E-state index contributed by atoms with van der Waals surface area (Å²) in [6.45, 7) is 1.42. The van der Waals surface area contributed by atoms with Crippen LogP contribution in [0.15, 0.2) is 67.0 Å². The van der Waals surface area contributed by atoms with Crippen molar-refractivity contribution in [3.63, 3.8) is 0 Å². The minimum absolute atomic E-state index is 0.390. The summed E-state index contributed by atoms with van der Waals surface area (Å²) in [6, 6.07) is 18.7. The van der Waals surface area contributed by atoms with Gasteiger partial charge < -0.3 is 10.1 Å². The number of hydrogen-bond donors (Lipinski definition) is 1. The van der Waals surface area contributed by atoms with Gasteiger partial charge in [0.25, 0.3) is 0 Å². The Hall–Kier alpha value is -3.18. The number of esters is 1. The molecule has 0 saturated heterocycles. The third-order valence-electron chi connectivity index (χ3n) is 4.47. The normalized spacial score (nSPS) is 11.1. The van der Waals surface area contributed by atoms with E-state index in [2.05, 4.69) is 46.7 Å². The van der Waals surface area contributed by atoms with Gasteiger partial charge in [0, 0.05) is 24.8 Å². The van der Waals surface area contributed by atoms with E-state index in [-0.39, 0.29) is 0 Å². The van der Waals surface area contributed by atoms with Crippen molar-refractivity contribution < 1.29 is 9.53 Å². The van der Waals surface area contributed by atoms with Crippen LogP contribution in [0.5, 0.6) is 0 Å². The third-order valence-corrected chi connectivity index (χ3v) is 4.47. The molecule has 2 aromatic carbocycles. The Bertz CT molecular complexity index is 1080. The highest BCUT2D eigenvalue weighted by molar-refractivity contribution is 5.88. The number of pyridine rings is 1. The van der Waals surface area contributed by atoms with Crippen molar-refractivity contribution in [3.8, 4) is 0 Å². The summed E-state index contributed by atoms with van der Waals surface area (Å²) in [5.41, 5.74) is 3.45. The number of hydrogen-bond acceptors (Lipinski definition) is 4. The van der Waals surface area contributed by atoms with Crippen molar-refractivity contribution in [3.05, 3.63) is 83.8 Å². The van der Waals surface area contributed by atoms with Crippen molar-refractivity contribution in [2.75, 3.05) is 7.11 Å². The number of fused-ring (bicyclic) bond motifs is 2. The summed E-state index contributed by atoms with van der Waals surface area (Å²) in [6.07, 6.45) is 3.37. The summed E-state index contributed by atoms with van der Waals surface area (Å²) in [4.78, 5) is 16.2. The standard InChI is InChI=1S/C21H19N3O2/c1-26-21(25)19-14-23-20-18(7-4-10-24(19)20)13-22-12-15-8-9-16-5-2-3-6-17(16)11-15/h2-11,14,22H,12-13H2,1H3. The smallest absolute Gasteiger partial charge is 0.356 e. The summed E-state index contributed by atoms with van der Waals surface area (Å²) in [5.74, 6) is -0.390. The van der Waals surface area contributed by atoms with Crippen LogP contribution in [0.4, 0.5) is 0 Å². The molecule has 0 aliphatic rings. The van der Waals surface area contributed by atoms with Gasteiger partial charge in [-0.1, -0.05) is 42.5 Å². The third kappa shape index (κ3) is 3.05. The number of benzene rings is 2. The zero-order valence-electron chi connectivity index (χ0n) is 14.5. The molecule has 5 heteroatoms. The average Bonchev–Trinajstić information content (AvgIpc) is 3.12. The van der Waals surface area contributed by atoms with Crippen LogP contribution in [0.1, 0.15) is 21.6 Å². The van der Waals surface area contributed by atoms with Crippen molar-refractivity contribution in [1.82, 2.24) is 14.7 Å². The van der Waals surface area contributed by atoms with Gasteiger partial charge in [-0.2, -0.15) is 0 Å². The van der Waals surface area contributed by atoms with Gasteiger partial charge in [-0.15, -0.1) is 0 Å². The largest absolute Gasteiger partial charge is 0.464 e. The molecule has 0 aliphatic carbocycles. The predicted molar refractivity (Wildman–Crippen MR) is 101 cm³/mol. The van der Waals surface area contributed by atoms with E-state index in [1.165, 1.54) is 23.4 Å². The number of nitrogens with one attached hydrogen (secondary N) is 1. The van der Waals surface area contributed by atoms with E-state index in [0.29, 0.717) is 12.2 Å². The Morgan fingerprint density at radius 1 is 1.08 bits per heavy atom. The molecule has 0 spiro atoms. The van der Waals surface area contributed by atoms with Gasteiger partial charge in [0.05, 0.1) is 13.3 Å². The first-order valence-electron chi connectivity index (χ1n) is 8.48. The van der Waals surface area contributed by atoms with Crippen molar-refractivity contribution >= 4 is 22.4 Å². The highest BCUT2D eigenvalue weighted by Gasteiger charge is 2.13. The van der Waals surface area contributed by atoms with E-state index < -0.39 is 5.97 Å². The molecule has 2 heterocycles. The van der Waals surface area contributed by atoms with Crippen LogP contribution in [-0.4, -0.2) is 22.5 Å². The van der Waals surface area contributed by atoms with E-state index >= 15 is 0 Å². The fourth-order valence-electron chi connectivity index (χ4n) is 3.15. The molecule has 5 nitrogen and oxygen atoms in total. The van der Waals surface area contributed by atoms with Crippen LogP contribution < -0.4 is 5.32 Å². The molecule has 0 aliphatic heterocycles. The fourth-order valence-corrected chi connectivity index (χ4v) is 3.15. The van der Waals surface area contributed by atoms with Gasteiger partial charge in [-0.05, 0) is 28.5 Å². The van der Waals surface area contributed by atoms with Crippen molar-refractivity contribution in [2.24, 2.45) is 0 Å². The van der Waals surface area contributed by atoms with Gasteiger partial charge in [0.2, 0.25) is 0 Å². The second-order valence-corrected chi connectivity index (χ2v) is 6.15. The lowest BCUT2D eigenvalue weighted by Gasteiger charge is -2.08. The monoisotopic (exact) mass is 345 g/mol. The maximum Gasteiger partial charge on any atom is 0.356 e. The second-order valence-electron chi connectivity index (χ2n) is 6.15. The van der Waals surface area contributed by atoms with Gasteiger partial charge in [0.1, 0.15) is 5.65 Å². The predicted octanol–water partition coefficient (Wildman–Crippen LogP) is 3.56. The highest BCUT2D eigenvalue weighted by atomic mass is 16.5. The topological polar surface area (TPSA) is 55.6 Å². The Kier molecular flexibility index (Phi) is 4.37. The summed E-state index contributed by atoms with van der Waals surface area (Å²) in [5, 5.41) is 5.94. The Balaban J connectivity index is 1.50.